The molecule has 0 unspecified atom stereocenters. The molecule has 7 aromatic rings. The van der Waals surface area contributed by atoms with Gasteiger partial charge in [-0.15, -0.1) is 45.3 Å². The third-order valence-corrected chi connectivity index (χ3v) is 14.1. The molecule has 260 valence electrons. The first-order chi connectivity index (χ1) is 25.2. The maximum atomic E-state index is 4.75. The van der Waals surface area contributed by atoms with Gasteiger partial charge in [0, 0.05) is 40.4 Å². The first-order valence-electron chi connectivity index (χ1n) is 18.2. The average Bonchev–Trinajstić information content (AvgIpc) is 4.01. The van der Waals surface area contributed by atoms with E-state index in [0.717, 1.165) is 17.5 Å². The Balaban J connectivity index is 1.08. The minimum Gasteiger partial charge on any atom is -0.172 e. The van der Waals surface area contributed by atoms with Crippen molar-refractivity contribution in [2.75, 3.05) is 0 Å². The molecule has 0 aliphatic carbocycles. The number of fused-ring (bicyclic) bond motifs is 1. The highest BCUT2D eigenvalue weighted by Crippen LogP contribution is 2.43. The van der Waals surface area contributed by atoms with E-state index in [-0.39, 0.29) is 0 Å². The van der Waals surface area contributed by atoms with Crippen molar-refractivity contribution in [2.24, 2.45) is 0 Å². The SMILES string of the molecule is CCCCCCc1ccsc1/C=C/c1ccc(/C=C/c2sc(-c3ccc(-c4ccc(-c5cccs5)c5nsnc45)s3)cc2CCCCCC)cc1. The molecule has 0 aliphatic heterocycles. The van der Waals surface area contributed by atoms with Crippen molar-refractivity contribution >= 4 is 92.4 Å². The van der Waals surface area contributed by atoms with Gasteiger partial charge in [-0.3, -0.25) is 0 Å². The third-order valence-electron chi connectivity index (χ3n) is 9.33. The van der Waals surface area contributed by atoms with E-state index in [9.17, 15) is 0 Å². The van der Waals surface area contributed by atoms with Gasteiger partial charge in [0.05, 0.1) is 11.7 Å². The second-order valence-electron chi connectivity index (χ2n) is 13.0. The van der Waals surface area contributed by atoms with Crippen molar-refractivity contribution in [3.63, 3.8) is 0 Å². The van der Waals surface area contributed by atoms with E-state index in [1.165, 1.54) is 132 Å². The molecule has 0 saturated carbocycles. The minimum absolute atomic E-state index is 1.00. The van der Waals surface area contributed by atoms with Crippen LogP contribution in [0.3, 0.4) is 0 Å². The molecular formula is C44H44N2S5. The molecule has 7 heteroatoms. The van der Waals surface area contributed by atoms with Crippen molar-refractivity contribution < 1.29 is 0 Å². The molecule has 51 heavy (non-hydrogen) atoms. The van der Waals surface area contributed by atoms with Crippen LogP contribution >= 0.6 is 57.1 Å². The predicted octanol–water partition coefficient (Wildman–Crippen LogP) is 15.5. The molecule has 2 nitrogen and oxygen atoms in total. The van der Waals surface area contributed by atoms with Gasteiger partial charge in [0.25, 0.3) is 0 Å². The van der Waals surface area contributed by atoms with Gasteiger partial charge < -0.3 is 0 Å². The lowest BCUT2D eigenvalue weighted by molar-refractivity contribution is 0.667. The van der Waals surface area contributed by atoms with E-state index in [1.807, 2.05) is 34.0 Å². The summed E-state index contributed by atoms with van der Waals surface area (Å²) in [5, 5.41) is 4.35. The number of unbranched alkanes of at least 4 members (excludes halogenated alkanes) is 6. The fourth-order valence-electron chi connectivity index (χ4n) is 6.46. The molecule has 7 rings (SSSR count). The molecule has 5 heterocycles. The summed E-state index contributed by atoms with van der Waals surface area (Å²) in [5.74, 6) is 0. The highest BCUT2D eigenvalue weighted by molar-refractivity contribution is 7.24. The number of thiophene rings is 4. The Morgan fingerprint density at radius 1 is 0.510 bits per heavy atom. The van der Waals surface area contributed by atoms with Crippen LogP contribution in [0.5, 0.6) is 0 Å². The molecule has 0 fully saturated rings. The lowest BCUT2D eigenvalue weighted by atomic mass is 10.0. The van der Waals surface area contributed by atoms with Crippen molar-refractivity contribution in [3.05, 3.63) is 116 Å². The third kappa shape index (κ3) is 8.95. The van der Waals surface area contributed by atoms with Crippen molar-refractivity contribution in [3.8, 4) is 30.6 Å². The zero-order valence-electron chi connectivity index (χ0n) is 29.4. The maximum Gasteiger partial charge on any atom is 0.114 e. The Morgan fingerprint density at radius 3 is 1.82 bits per heavy atom. The van der Waals surface area contributed by atoms with E-state index < -0.39 is 0 Å². The van der Waals surface area contributed by atoms with Crippen LogP contribution in [0.15, 0.2) is 83.6 Å². The summed E-state index contributed by atoms with van der Waals surface area (Å²) >= 11 is 8.68. The van der Waals surface area contributed by atoms with Gasteiger partial charge in [-0.25, -0.2) is 0 Å². The van der Waals surface area contributed by atoms with Crippen LogP contribution in [0.25, 0.3) is 66.0 Å². The van der Waals surface area contributed by atoms with Gasteiger partial charge in [0.2, 0.25) is 0 Å². The molecule has 2 aromatic carbocycles. The fourth-order valence-corrected chi connectivity index (χ4v) is 10.9. The molecule has 0 amide bonds. The molecule has 0 saturated heterocycles. The van der Waals surface area contributed by atoms with Crippen LogP contribution in [-0.2, 0) is 12.8 Å². The fraction of sp³-hybridized carbons (Fsp3) is 0.273. The Bertz CT molecular complexity index is 2190. The van der Waals surface area contributed by atoms with Crippen molar-refractivity contribution in [2.45, 2.75) is 78.1 Å². The molecule has 0 atom stereocenters. The summed E-state index contributed by atoms with van der Waals surface area (Å²) in [5.41, 5.74) is 9.77. The van der Waals surface area contributed by atoms with Crippen LogP contribution < -0.4 is 0 Å². The van der Waals surface area contributed by atoms with Gasteiger partial charge in [0.15, 0.2) is 0 Å². The predicted molar refractivity (Wildman–Crippen MR) is 232 cm³/mol. The van der Waals surface area contributed by atoms with E-state index >= 15 is 0 Å². The van der Waals surface area contributed by atoms with Crippen LogP contribution in [-0.4, -0.2) is 8.75 Å². The van der Waals surface area contributed by atoms with Crippen LogP contribution in [0.2, 0.25) is 0 Å². The number of rotatable bonds is 17. The summed E-state index contributed by atoms with van der Waals surface area (Å²) in [6.07, 6.45) is 21.8. The van der Waals surface area contributed by atoms with Crippen LogP contribution in [0, 0.1) is 0 Å². The molecule has 5 aromatic heterocycles. The quantitative estimate of drug-likeness (QED) is 0.0864. The smallest absolute Gasteiger partial charge is 0.114 e. The van der Waals surface area contributed by atoms with E-state index in [1.54, 1.807) is 11.3 Å². The van der Waals surface area contributed by atoms with Crippen molar-refractivity contribution in [1.82, 2.24) is 8.75 Å². The first kappa shape index (κ1) is 35.9. The topological polar surface area (TPSA) is 25.8 Å². The largest absolute Gasteiger partial charge is 0.172 e. The second kappa shape index (κ2) is 17.8. The Hall–Kier alpha value is -3.46. The number of benzene rings is 2. The normalized spacial score (nSPS) is 12.0. The summed E-state index contributed by atoms with van der Waals surface area (Å²) < 4.78 is 9.45. The summed E-state index contributed by atoms with van der Waals surface area (Å²) in [7, 11) is 0. The number of aryl methyl sites for hydroxylation is 2. The van der Waals surface area contributed by atoms with Gasteiger partial charge in [-0.1, -0.05) is 107 Å². The molecule has 0 spiro atoms. The number of nitrogens with zero attached hydrogens (tertiary/aromatic N) is 2. The number of aromatic nitrogens is 2. The van der Waals surface area contributed by atoms with E-state index in [4.69, 9.17) is 8.75 Å². The monoisotopic (exact) mass is 760 g/mol. The Labute approximate surface area is 323 Å². The van der Waals surface area contributed by atoms with Crippen molar-refractivity contribution in [1.29, 1.82) is 0 Å². The number of hydrogen-bond acceptors (Lipinski definition) is 7. The lowest BCUT2D eigenvalue weighted by Gasteiger charge is -2.03. The Morgan fingerprint density at radius 2 is 1.16 bits per heavy atom. The maximum absolute atomic E-state index is 4.75. The highest BCUT2D eigenvalue weighted by Gasteiger charge is 2.17. The van der Waals surface area contributed by atoms with Gasteiger partial charge in [-0.05, 0) is 101 Å². The lowest BCUT2D eigenvalue weighted by Crippen LogP contribution is -1.85. The number of hydrogen-bond donors (Lipinski definition) is 0. The first-order valence-corrected chi connectivity index (χ1v) is 22.4. The zero-order chi connectivity index (χ0) is 34.8. The summed E-state index contributed by atoms with van der Waals surface area (Å²) in [6.45, 7) is 4.56. The molecule has 0 N–H and O–H groups in total. The molecular weight excluding hydrogens is 717 g/mol. The van der Waals surface area contributed by atoms with Crippen LogP contribution in [0.1, 0.15) is 97.2 Å². The minimum atomic E-state index is 1.00. The standard InChI is InChI=1S/C44H44N2S5/c1-3-5-7-9-12-33-27-29-48-37(33)23-19-31-15-17-32(18-16-31)20-24-38-34(13-10-8-6-4-2)30-42(49-38)41-26-25-40(50-41)36-22-21-35(39-14-11-28-47-39)43-44(36)46-51-45-43/h11,14-30H,3-10,12-13H2,1-2H3/b23-19+,24-20+. The summed E-state index contributed by atoms with van der Waals surface area (Å²) in [6, 6.07) is 27.0. The zero-order valence-corrected chi connectivity index (χ0v) is 33.5. The highest BCUT2D eigenvalue weighted by atomic mass is 32.1. The van der Waals surface area contributed by atoms with Gasteiger partial charge in [0.1, 0.15) is 11.0 Å². The second-order valence-corrected chi connectivity index (χ2v) is 17.6. The molecule has 0 bridgehead atoms. The molecule has 0 aliphatic rings. The van der Waals surface area contributed by atoms with Gasteiger partial charge in [-0.2, -0.15) is 8.75 Å². The van der Waals surface area contributed by atoms with Crippen LogP contribution in [0.4, 0.5) is 0 Å². The van der Waals surface area contributed by atoms with E-state index in [2.05, 4.69) is 122 Å². The Kier molecular flexibility index (Phi) is 12.6. The average molecular weight is 761 g/mol. The van der Waals surface area contributed by atoms with Gasteiger partial charge >= 0.3 is 0 Å². The molecule has 0 radical (unpaired) electrons. The summed E-state index contributed by atoms with van der Waals surface area (Å²) in [4.78, 5) is 7.91. The van der Waals surface area contributed by atoms with E-state index in [0.29, 0.717) is 0 Å².